The molecule has 2 aromatic heterocycles. The lowest BCUT2D eigenvalue weighted by Crippen LogP contribution is -2.09. The van der Waals surface area contributed by atoms with Gasteiger partial charge in [-0.1, -0.05) is 0 Å². The molecule has 0 atom stereocenters. The van der Waals surface area contributed by atoms with Gasteiger partial charge in [-0.3, -0.25) is 0 Å². The molecule has 0 amide bonds. The Morgan fingerprint density at radius 1 is 1.14 bits per heavy atom. The molecule has 0 bridgehead atoms. The van der Waals surface area contributed by atoms with Gasteiger partial charge >= 0.3 is 0 Å². The molecule has 2 heterocycles. The van der Waals surface area contributed by atoms with Gasteiger partial charge in [0.2, 0.25) is 0 Å². The third-order valence-electron chi connectivity index (χ3n) is 2.25. The Bertz CT molecular complexity index is 374. The molecule has 0 saturated heterocycles. The van der Waals surface area contributed by atoms with E-state index in [9.17, 15) is 0 Å². The van der Waals surface area contributed by atoms with E-state index < -0.39 is 0 Å². The van der Waals surface area contributed by atoms with E-state index in [-0.39, 0.29) is 0 Å². The Labute approximate surface area is 82.2 Å². The number of nitrogens with two attached hydrogens (primary N) is 1. The number of anilines is 1. The van der Waals surface area contributed by atoms with Crippen molar-refractivity contribution in [2.24, 2.45) is 0 Å². The minimum atomic E-state index is 0.558. The van der Waals surface area contributed by atoms with E-state index in [1.807, 2.05) is 23.9 Å². The van der Waals surface area contributed by atoms with Crippen molar-refractivity contribution in [3.63, 3.8) is 0 Å². The quantitative estimate of drug-likeness (QED) is 0.775. The highest BCUT2D eigenvalue weighted by Crippen LogP contribution is 2.01. The molecule has 2 aromatic rings. The maximum Gasteiger partial charge on any atom is 0.200 e. The van der Waals surface area contributed by atoms with Crippen LogP contribution in [0.1, 0.15) is 5.82 Å². The molecule has 0 aliphatic rings. The van der Waals surface area contributed by atoms with Crippen LogP contribution in [0.3, 0.4) is 0 Å². The SMILES string of the molecule is Cc1nccn1CCn1ccnc1N. The highest BCUT2D eigenvalue weighted by atomic mass is 15.2. The van der Waals surface area contributed by atoms with E-state index in [0.29, 0.717) is 5.95 Å². The molecule has 0 fully saturated rings. The molecule has 0 saturated carbocycles. The van der Waals surface area contributed by atoms with Crippen LogP contribution < -0.4 is 5.73 Å². The number of imidazole rings is 2. The Morgan fingerprint density at radius 3 is 2.36 bits per heavy atom. The molecule has 0 spiro atoms. The molecule has 2 rings (SSSR count). The molecule has 5 heteroatoms. The van der Waals surface area contributed by atoms with Crippen LogP contribution in [0.5, 0.6) is 0 Å². The van der Waals surface area contributed by atoms with Crippen molar-refractivity contribution in [1.82, 2.24) is 19.1 Å². The average Bonchev–Trinajstić information content (AvgIpc) is 2.72. The van der Waals surface area contributed by atoms with Gasteiger partial charge in [-0.2, -0.15) is 0 Å². The van der Waals surface area contributed by atoms with Crippen molar-refractivity contribution < 1.29 is 0 Å². The summed E-state index contributed by atoms with van der Waals surface area (Å²) >= 11 is 0. The largest absolute Gasteiger partial charge is 0.369 e. The zero-order chi connectivity index (χ0) is 9.97. The summed E-state index contributed by atoms with van der Waals surface area (Å²) in [5.41, 5.74) is 5.65. The average molecular weight is 191 g/mol. The second-order valence-corrected chi connectivity index (χ2v) is 3.15. The molecular weight excluding hydrogens is 178 g/mol. The molecule has 0 aliphatic heterocycles. The van der Waals surface area contributed by atoms with Gasteiger partial charge in [0.15, 0.2) is 5.95 Å². The van der Waals surface area contributed by atoms with Gasteiger partial charge in [0.05, 0.1) is 0 Å². The van der Waals surface area contributed by atoms with Crippen molar-refractivity contribution >= 4 is 5.95 Å². The predicted octanol–water partition coefficient (Wildman–Crippen LogP) is 0.670. The zero-order valence-corrected chi connectivity index (χ0v) is 8.09. The van der Waals surface area contributed by atoms with Gasteiger partial charge in [0.25, 0.3) is 0 Å². The molecule has 74 valence electrons. The van der Waals surface area contributed by atoms with Crippen molar-refractivity contribution in [2.75, 3.05) is 5.73 Å². The zero-order valence-electron chi connectivity index (χ0n) is 8.09. The summed E-state index contributed by atoms with van der Waals surface area (Å²) < 4.78 is 4.00. The number of nitrogen functional groups attached to an aromatic ring is 1. The highest BCUT2D eigenvalue weighted by Gasteiger charge is 1.99. The summed E-state index contributed by atoms with van der Waals surface area (Å²) in [5.74, 6) is 1.58. The first-order valence-corrected chi connectivity index (χ1v) is 4.52. The lowest BCUT2D eigenvalue weighted by Gasteiger charge is -2.06. The summed E-state index contributed by atoms with van der Waals surface area (Å²) in [6.45, 7) is 3.67. The third-order valence-corrected chi connectivity index (χ3v) is 2.25. The third kappa shape index (κ3) is 1.61. The van der Waals surface area contributed by atoms with Gasteiger partial charge in [0.1, 0.15) is 5.82 Å². The second kappa shape index (κ2) is 3.53. The Hall–Kier alpha value is -1.78. The molecule has 2 N–H and O–H groups in total. The van der Waals surface area contributed by atoms with Crippen LogP contribution in [0, 0.1) is 6.92 Å². The summed E-state index contributed by atoms with van der Waals surface area (Å²) in [6.07, 6.45) is 7.34. The lowest BCUT2D eigenvalue weighted by atomic mass is 10.5. The molecule has 0 unspecified atom stereocenters. The standard InChI is InChI=1S/C9H13N5/c1-8-11-2-4-13(8)6-7-14-5-3-12-9(14)10/h2-5H,6-7H2,1H3,(H2,10,12). The Morgan fingerprint density at radius 2 is 1.79 bits per heavy atom. The number of aryl methyl sites for hydroxylation is 3. The Balaban J connectivity index is 2.02. The number of hydrogen-bond donors (Lipinski definition) is 1. The number of rotatable bonds is 3. The lowest BCUT2D eigenvalue weighted by molar-refractivity contribution is 0.573. The summed E-state index contributed by atoms with van der Waals surface area (Å²) in [7, 11) is 0. The molecule has 5 nitrogen and oxygen atoms in total. The van der Waals surface area contributed by atoms with Crippen LogP contribution in [-0.2, 0) is 13.1 Å². The summed E-state index contributed by atoms with van der Waals surface area (Å²) in [4.78, 5) is 8.10. The molecular formula is C9H13N5. The maximum atomic E-state index is 5.65. The normalized spacial score (nSPS) is 10.6. The fourth-order valence-electron chi connectivity index (χ4n) is 1.39. The Kier molecular flexibility index (Phi) is 2.22. The highest BCUT2D eigenvalue weighted by molar-refractivity contribution is 5.16. The molecule has 0 aliphatic carbocycles. The predicted molar refractivity (Wildman–Crippen MR) is 53.6 cm³/mol. The van der Waals surface area contributed by atoms with Crippen molar-refractivity contribution in [2.45, 2.75) is 20.0 Å². The van der Waals surface area contributed by atoms with Crippen LogP contribution in [0.25, 0.3) is 0 Å². The molecule has 14 heavy (non-hydrogen) atoms. The van der Waals surface area contributed by atoms with E-state index in [4.69, 9.17) is 5.73 Å². The van der Waals surface area contributed by atoms with Crippen LogP contribution in [-0.4, -0.2) is 19.1 Å². The summed E-state index contributed by atoms with van der Waals surface area (Å²) in [6, 6.07) is 0. The maximum absolute atomic E-state index is 5.65. The summed E-state index contributed by atoms with van der Waals surface area (Å²) in [5, 5.41) is 0. The monoisotopic (exact) mass is 191 g/mol. The van der Waals surface area contributed by atoms with Gasteiger partial charge in [-0.15, -0.1) is 0 Å². The van der Waals surface area contributed by atoms with Gasteiger partial charge in [0, 0.05) is 37.9 Å². The second-order valence-electron chi connectivity index (χ2n) is 3.15. The smallest absolute Gasteiger partial charge is 0.200 e. The fraction of sp³-hybridized carbons (Fsp3) is 0.333. The van der Waals surface area contributed by atoms with Crippen LogP contribution >= 0.6 is 0 Å². The first-order chi connectivity index (χ1) is 6.77. The molecule has 0 aromatic carbocycles. The van der Waals surface area contributed by atoms with E-state index in [1.54, 1.807) is 12.4 Å². The first-order valence-electron chi connectivity index (χ1n) is 4.52. The van der Waals surface area contributed by atoms with Crippen molar-refractivity contribution in [3.8, 4) is 0 Å². The van der Waals surface area contributed by atoms with Crippen LogP contribution in [0.4, 0.5) is 5.95 Å². The minimum Gasteiger partial charge on any atom is -0.369 e. The van der Waals surface area contributed by atoms with Gasteiger partial charge in [-0.25, -0.2) is 9.97 Å². The van der Waals surface area contributed by atoms with Gasteiger partial charge < -0.3 is 14.9 Å². The topological polar surface area (TPSA) is 61.7 Å². The molecule has 0 radical (unpaired) electrons. The van der Waals surface area contributed by atoms with Crippen LogP contribution in [0.2, 0.25) is 0 Å². The van der Waals surface area contributed by atoms with Gasteiger partial charge in [-0.05, 0) is 6.92 Å². The first kappa shape index (κ1) is 8.80. The number of nitrogens with zero attached hydrogens (tertiary/aromatic N) is 4. The van der Waals surface area contributed by atoms with Crippen molar-refractivity contribution in [3.05, 3.63) is 30.6 Å². The van der Waals surface area contributed by atoms with E-state index in [0.717, 1.165) is 18.9 Å². The minimum absolute atomic E-state index is 0.558. The van der Waals surface area contributed by atoms with Crippen molar-refractivity contribution in [1.29, 1.82) is 0 Å². The van der Waals surface area contributed by atoms with Crippen LogP contribution in [0.15, 0.2) is 24.8 Å². The number of aromatic nitrogens is 4. The number of hydrogen-bond acceptors (Lipinski definition) is 3. The fourth-order valence-corrected chi connectivity index (χ4v) is 1.39. The van der Waals surface area contributed by atoms with E-state index in [2.05, 4.69) is 14.5 Å². The van der Waals surface area contributed by atoms with E-state index >= 15 is 0 Å². The van der Waals surface area contributed by atoms with E-state index in [1.165, 1.54) is 0 Å².